The van der Waals surface area contributed by atoms with Crippen molar-refractivity contribution in [3.8, 4) is 22.8 Å². The van der Waals surface area contributed by atoms with Crippen LogP contribution in [0.4, 0.5) is 0 Å². The first-order valence-corrected chi connectivity index (χ1v) is 13.0. The molecule has 1 aliphatic rings. The van der Waals surface area contributed by atoms with Crippen LogP contribution in [0.2, 0.25) is 0 Å². The monoisotopic (exact) mass is 524 g/mol. The number of carbonyl (C=O) groups is 2. The molecule has 1 saturated carbocycles. The summed E-state index contributed by atoms with van der Waals surface area (Å²) in [5, 5.41) is 16.7. The molecule has 0 saturated heterocycles. The number of amides is 2. The van der Waals surface area contributed by atoms with Crippen LogP contribution in [0.3, 0.4) is 0 Å². The molecule has 3 aromatic heterocycles. The molecule has 0 bridgehead atoms. The number of nitrogens with one attached hydrogen (secondary N) is 2. The number of primary amides is 1. The van der Waals surface area contributed by atoms with E-state index < -0.39 is 11.9 Å². The number of aromatic amines is 1. The quantitative estimate of drug-likeness (QED) is 0.278. The Hall–Kier alpha value is -4.80. The molecule has 0 radical (unpaired) electrons. The van der Waals surface area contributed by atoms with E-state index in [1.807, 2.05) is 36.4 Å². The van der Waals surface area contributed by atoms with Gasteiger partial charge in [-0.1, -0.05) is 43.5 Å². The zero-order valence-electron chi connectivity index (χ0n) is 21.2. The van der Waals surface area contributed by atoms with E-state index in [0.717, 1.165) is 46.4 Å². The SMILES string of the molecule is NC(=O)[C@H](Cc1ccc(-c2nn[nH]n2)cc1)NC(=O)c1ccc2c(c1)nc(-c1ccoc1)n2C1CCCCC1. The third kappa shape index (κ3) is 5.02. The summed E-state index contributed by atoms with van der Waals surface area (Å²) in [5.74, 6) is 0.303. The number of nitrogens with zero attached hydrogens (tertiary/aromatic N) is 5. The van der Waals surface area contributed by atoms with Gasteiger partial charge in [-0.2, -0.15) is 5.21 Å². The molecule has 1 atom stereocenters. The van der Waals surface area contributed by atoms with Gasteiger partial charge in [-0.3, -0.25) is 9.59 Å². The fraction of sp³-hybridized carbons (Fsp3) is 0.286. The Morgan fingerprint density at radius 3 is 2.59 bits per heavy atom. The molecule has 1 fully saturated rings. The summed E-state index contributed by atoms with van der Waals surface area (Å²) in [6.07, 6.45) is 9.38. The lowest BCUT2D eigenvalue weighted by molar-refractivity contribution is -0.119. The van der Waals surface area contributed by atoms with Crippen molar-refractivity contribution in [1.29, 1.82) is 0 Å². The van der Waals surface area contributed by atoms with Crippen molar-refractivity contribution in [2.24, 2.45) is 5.73 Å². The third-order valence-electron chi connectivity index (χ3n) is 7.32. The van der Waals surface area contributed by atoms with Crippen molar-refractivity contribution in [3.63, 3.8) is 0 Å². The summed E-state index contributed by atoms with van der Waals surface area (Å²) in [6, 6.07) is 14.2. The predicted molar refractivity (Wildman–Crippen MR) is 143 cm³/mol. The van der Waals surface area contributed by atoms with Gasteiger partial charge >= 0.3 is 0 Å². The molecule has 39 heavy (non-hydrogen) atoms. The van der Waals surface area contributed by atoms with Crippen molar-refractivity contribution in [3.05, 3.63) is 72.2 Å². The van der Waals surface area contributed by atoms with Gasteiger partial charge in [0.15, 0.2) is 0 Å². The number of tetrazole rings is 1. The van der Waals surface area contributed by atoms with E-state index in [4.69, 9.17) is 15.1 Å². The summed E-state index contributed by atoms with van der Waals surface area (Å²) in [5.41, 5.74) is 10.3. The van der Waals surface area contributed by atoms with Crippen LogP contribution in [0.5, 0.6) is 0 Å². The summed E-state index contributed by atoms with van der Waals surface area (Å²) in [6.45, 7) is 0. The Morgan fingerprint density at radius 1 is 1.08 bits per heavy atom. The van der Waals surface area contributed by atoms with Crippen molar-refractivity contribution >= 4 is 22.8 Å². The molecule has 11 heteroatoms. The second-order valence-electron chi connectivity index (χ2n) is 9.88. The van der Waals surface area contributed by atoms with Crippen LogP contribution in [0.1, 0.15) is 54.1 Å². The maximum atomic E-state index is 13.2. The van der Waals surface area contributed by atoms with Crippen molar-refractivity contribution in [1.82, 2.24) is 35.5 Å². The van der Waals surface area contributed by atoms with E-state index in [0.29, 0.717) is 17.4 Å². The van der Waals surface area contributed by atoms with E-state index >= 15 is 0 Å². The van der Waals surface area contributed by atoms with E-state index in [1.165, 1.54) is 19.3 Å². The first-order chi connectivity index (χ1) is 19.1. The summed E-state index contributed by atoms with van der Waals surface area (Å²) in [7, 11) is 0. The summed E-state index contributed by atoms with van der Waals surface area (Å²) < 4.78 is 7.62. The predicted octanol–water partition coefficient (Wildman–Crippen LogP) is 3.81. The number of benzene rings is 2. The highest BCUT2D eigenvalue weighted by Crippen LogP contribution is 2.36. The first kappa shape index (κ1) is 24.5. The van der Waals surface area contributed by atoms with Gasteiger partial charge in [0.25, 0.3) is 5.91 Å². The molecule has 6 rings (SSSR count). The molecule has 5 aromatic rings. The number of hydrogen-bond donors (Lipinski definition) is 3. The Bertz CT molecular complexity index is 1580. The molecule has 11 nitrogen and oxygen atoms in total. The number of nitrogens with two attached hydrogens (primary N) is 1. The second-order valence-corrected chi connectivity index (χ2v) is 9.88. The minimum atomic E-state index is -0.884. The molecule has 198 valence electrons. The highest BCUT2D eigenvalue weighted by atomic mass is 16.3. The Labute approximate surface area is 223 Å². The van der Waals surface area contributed by atoms with Crippen LogP contribution in [0, 0.1) is 0 Å². The normalized spacial score (nSPS) is 14.9. The highest BCUT2D eigenvalue weighted by Gasteiger charge is 2.24. The number of rotatable bonds is 8. The van der Waals surface area contributed by atoms with Gasteiger partial charge in [-0.05, 0) is 47.9 Å². The topological polar surface area (TPSA) is 158 Å². The van der Waals surface area contributed by atoms with Crippen LogP contribution >= 0.6 is 0 Å². The zero-order chi connectivity index (χ0) is 26.8. The Morgan fingerprint density at radius 2 is 1.90 bits per heavy atom. The molecule has 3 heterocycles. The first-order valence-electron chi connectivity index (χ1n) is 13.0. The van der Waals surface area contributed by atoms with E-state index in [1.54, 1.807) is 24.7 Å². The lowest BCUT2D eigenvalue weighted by atomic mass is 9.95. The maximum absolute atomic E-state index is 13.2. The van der Waals surface area contributed by atoms with Gasteiger partial charge in [-0.25, -0.2) is 4.98 Å². The smallest absolute Gasteiger partial charge is 0.252 e. The number of hydrogen-bond acceptors (Lipinski definition) is 7. The molecule has 0 aliphatic heterocycles. The average molecular weight is 525 g/mol. The van der Waals surface area contributed by atoms with E-state index in [2.05, 4.69) is 30.5 Å². The van der Waals surface area contributed by atoms with Gasteiger partial charge in [0.1, 0.15) is 18.1 Å². The number of furan rings is 1. The van der Waals surface area contributed by atoms with Crippen LogP contribution in [-0.2, 0) is 11.2 Å². The summed E-state index contributed by atoms with van der Waals surface area (Å²) in [4.78, 5) is 30.4. The molecule has 0 unspecified atom stereocenters. The van der Waals surface area contributed by atoms with Crippen LogP contribution in [-0.4, -0.2) is 48.0 Å². The molecule has 1 aliphatic carbocycles. The minimum Gasteiger partial charge on any atom is -0.472 e. The number of imidazole rings is 1. The lowest BCUT2D eigenvalue weighted by Crippen LogP contribution is -2.45. The van der Waals surface area contributed by atoms with Gasteiger partial charge in [0.05, 0.1) is 22.9 Å². The number of fused-ring (bicyclic) bond motifs is 1. The standard InChI is InChI=1S/C28H28N8O3/c29-25(37)23(14-17-6-8-18(9-7-17)26-32-34-35-33-26)31-28(38)19-10-11-24-22(15-19)30-27(20-12-13-39-16-20)36(24)21-4-2-1-3-5-21/h6-13,15-16,21,23H,1-5,14H2,(H2,29,37)(H,31,38)(H,32,33,34,35)/t23-/m0/s1. The molecular weight excluding hydrogens is 496 g/mol. The fourth-order valence-corrected chi connectivity index (χ4v) is 5.32. The number of H-pyrrole nitrogens is 1. The van der Waals surface area contributed by atoms with Gasteiger partial charge in [0.2, 0.25) is 11.7 Å². The van der Waals surface area contributed by atoms with Crippen LogP contribution in [0.15, 0.2) is 65.5 Å². The van der Waals surface area contributed by atoms with E-state index in [-0.39, 0.29) is 12.3 Å². The number of carbonyl (C=O) groups excluding carboxylic acids is 2. The van der Waals surface area contributed by atoms with Gasteiger partial charge in [0, 0.05) is 23.6 Å². The summed E-state index contributed by atoms with van der Waals surface area (Å²) >= 11 is 0. The largest absolute Gasteiger partial charge is 0.472 e. The van der Waals surface area contributed by atoms with Gasteiger partial charge in [-0.15, -0.1) is 10.2 Å². The van der Waals surface area contributed by atoms with E-state index in [9.17, 15) is 9.59 Å². The maximum Gasteiger partial charge on any atom is 0.252 e. The molecule has 0 spiro atoms. The van der Waals surface area contributed by atoms with Crippen LogP contribution in [0.25, 0.3) is 33.8 Å². The number of aromatic nitrogens is 6. The highest BCUT2D eigenvalue weighted by molar-refractivity contribution is 6.00. The molecule has 2 aromatic carbocycles. The molecule has 4 N–H and O–H groups in total. The zero-order valence-corrected chi connectivity index (χ0v) is 21.2. The lowest BCUT2D eigenvalue weighted by Gasteiger charge is -2.25. The van der Waals surface area contributed by atoms with Crippen molar-refractivity contribution in [2.75, 3.05) is 0 Å². The van der Waals surface area contributed by atoms with Crippen LogP contribution < -0.4 is 11.1 Å². The minimum absolute atomic E-state index is 0.247. The van der Waals surface area contributed by atoms with Gasteiger partial charge < -0.3 is 20.0 Å². The molecule has 2 amide bonds. The third-order valence-corrected chi connectivity index (χ3v) is 7.32. The Kier molecular flexibility index (Phi) is 6.62. The average Bonchev–Trinajstić information content (AvgIpc) is 3.74. The second kappa shape index (κ2) is 10.5. The van der Waals surface area contributed by atoms with Crippen molar-refractivity contribution in [2.45, 2.75) is 50.6 Å². The molecular formula is C28H28N8O3. The fourth-order valence-electron chi connectivity index (χ4n) is 5.32. The Balaban J connectivity index is 1.24. The van der Waals surface area contributed by atoms with Crippen molar-refractivity contribution < 1.29 is 14.0 Å².